The molecule has 2 aromatic carbocycles. The first-order valence-corrected chi connectivity index (χ1v) is 10.9. The molecular formula is C23H20IN3O4. The fourth-order valence-corrected chi connectivity index (χ4v) is 3.87. The van der Waals surface area contributed by atoms with Crippen LogP contribution in [0.1, 0.15) is 50.6 Å². The lowest BCUT2D eigenvalue weighted by Gasteiger charge is -2.13. The maximum Gasteiger partial charge on any atom is 0.291 e. The van der Waals surface area contributed by atoms with Gasteiger partial charge in [0.2, 0.25) is 0 Å². The Morgan fingerprint density at radius 3 is 2.45 bits per heavy atom. The van der Waals surface area contributed by atoms with E-state index in [0.29, 0.717) is 41.1 Å². The van der Waals surface area contributed by atoms with Gasteiger partial charge in [-0.2, -0.15) is 5.10 Å². The van der Waals surface area contributed by atoms with Crippen LogP contribution in [-0.4, -0.2) is 22.6 Å². The van der Waals surface area contributed by atoms with Crippen LogP contribution in [0.4, 0.5) is 5.69 Å². The number of phenols is 1. The van der Waals surface area contributed by atoms with Crippen molar-refractivity contribution in [1.29, 1.82) is 0 Å². The zero-order valence-corrected chi connectivity index (χ0v) is 18.9. The van der Waals surface area contributed by atoms with Gasteiger partial charge in [-0.1, -0.05) is 0 Å². The molecule has 0 fully saturated rings. The third-order valence-electron chi connectivity index (χ3n) is 5.06. The SMILES string of the molecule is Cc1c(C(=O)Nc2ccc(I)cc2)oc2c1/C(=N/NC(=O)c1ccc(O)cc1)CCC2. The lowest BCUT2D eigenvalue weighted by molar-refractivity contribution is 0.0953. The first-order chi connectivity index (χ1) is 14.9. The molecule has 2 amide bonds. The molecule has 1 aromatic heterocycles. The van der Waals surface area contributed by atoms with Gasteiger partial charge in [0.25, 0.3) is 11.8 Å². The number of hydrogen-bond acceptors (Lipinski definition) is 5. The van der Waals surface area contributed by atoms with E-state index in [2.05, 4.69) is 38.4 Å². The van der Waals surface area contributed by atoms with E-state index < -0.39 is 0 Å². The number of carbonyl (C=O) groups excluding carboxylic acids is 2. The minimum Gasteiger partial charge on any atom is -0.508 e. The summed E-state index contributed by atoms with van der Waals surface area (Å²) >= 11 is 2.21. The normalized spacial score (nSPS) is 14.2. The third-order valence-corrected chi connectivity index (χ3v) is 5.78. The molecule has 31 heavy (non-hydrogen) atoms. The van der Waals surface area contributed by atoms with Gasteiger partial charge in [-0.05, 0) is 90.9 Å². The number of furan rings is 1. The number of carbonyl (C=O) groups is 2. The zero-order valence-electron chi connectivity index (χ0n) is 16.7. The maximum absolute atomic E-state index is 12.8. The van der Waals surface area contributed by atoms with Crippen molar-refractivity contribution in [2.24, 2.45) is 5.10 Å². The summed E-state index contributed by atoms with van der Waals surface area (Å²) in [7, 11) is 0. The largest absolute Gasteiger partial charge is 0.508 e. The minimum absolute atomic E-state index is 0.0878. The van der Waals surface area contributed by atoms with Crippen LogP contribution in [-0.2, 0) is 6.42 Å². The second kappa shape index (κ2) is 8.93. The second-order valence-corrected chi connectivity index (χ2v) is 8.46. The predicted octanol–water partition coefficient (Wildman–Crippen LogP) is 4.62. The fourth-order valence-electron chi connectivity index (χ4n) is 3.51. The summed E-state index contributed by atoms with van der Waals surface area (Å²) in [6, 6.07) is 13.4. The Hall–Kier alpha value is -3.14. The van der Waals surface area contributed by atoms with Gasteiger partial charge in [0, 0.05) is 32.4 Å². The molecule has 0 spiro atoms. The maximum atomic E-state index is 12.8. The van der Waals surface area contributed by atoms with Crippen molar-refractivity contribution in [3.8, 4) is 5.75 Å². The summed E-state index contributed by atoms with van der Waals surface area (Å²) in [6.45, 7) is 1.83. The highest BCUT2D eigenvalue weighted by Gasteiger charge is 2.28. The number of aromatic hydroxyl groups is 1. The van der Waals surface area contributed by atoms with Crippen LogP contribution in [0.2, 0.25) is 0 Å². The van der Waals surface area contributed by atoms with Gasteiger partial charge in [-0.15, -0.1) is 0 Å². The van der Waals surface area contributed by atoms with E-state index in [4.69, 9.17) is 4.42 Å². The van der Waals surface area contributed by atoms with Crippen molar-refractivity contribution >= 4 is 45.8 Å². The molecule has 0 aliphatic heterocycles. The predicted molar refractivity (Wildman–Crippen MR) is 126 cm³/mol. The number of benzene rings is 2. The number of rotatable bonds is 4. The molecule has 0 atom stereocenters. The molecule has 0 bridgehead atoms. The molecule has 1 aliphatic carbocycles. The molecule has 0 unspecified atom stereocenters. The molecule has 1 aliphatic rings. The number of nitrogens with one attached hydrogen (secondary N) is 2. The van der Waals surface area contributed by atoms with Gasteiger partial charge < -0.3 is 14.8 Å². The van der Waals surface area contributed by atoms with Crippen LogP contribution in [0, 0.1) is 10.5 Å². The Labute approximate surface area is 192 Å². The molecule has 7 nitrogen and oxygen atoms in total. The Bertz CT molecular complexity index is 1160. The minimum atomic E-state index is -0.377. The Morgan fingerprint density at radius 2 is 1.74 bits per heavy atom. The van der Waals surface area contributed by atoms with Crippen LogP contribution in [0.5, 0.6) is 5.75 Å². The molecule has 4 rings (SSSR count). The van der Waals surface area contributed by atoms with E-state index in [1.54, 1.807) is 0 Å². The van der Waals surface area contributed by atoms with Crippen LogP contribution < -0.4 is 10.7 Å². The summed E-state index contributed by atoms with van der Waals surface area (Å²) < 4.78 is 6.97. The summed E-state index contributed by atoms with van der Waals surface area (Å²) in [6.07, 6.45) is 2.19. The quantitative estimate of drug-likeness (QED) is 0.339. The number of nitrogens with zero attached hydrogens (tertiary/aromatic N) is 1. The highest BCUT2D eigenvalue weighted by Crippen LogP contribution is 2.30. The highest BCUT2D eigenvalue weighted by atomic mass is 127. The lowest BCUT2D eigenvalue weighted by Crippen LogP contribution is -2.22. The lowest BCUT2D eigenvalue weighted by atomic mass is 9.93. The molecular weight excluding hydrogens is 509 g/mol. The summed E-state index contributed by atoms with van der Waals surface area (Å²) in [5.74, 6) is 0.347. The van der Waals surface area contributed by atoms with Crippen LogP contribution in [0.15, 0.2) is 58.0 Å². The number of phenolic OH excluding ortho intramolecular Hbond substituents is 1. The topological polar surface area (TPSA) is 104 Å². The summed E-state index contributed by atoms with van der Waals surface area (Å²) in [5.41, 5.74) is 5.81. The molecule has 0 saturated heterocycles. The number of hydrazone groups is 1. The monoisotopic (exact) mass is 529 g/mol. The number of amides is 2. The average Bonchev–Trinajstić information content (AvgIpc) is 3.11. The van der Waals surface area contributed by atoms with Crippen molar-refractivity contribution < 1.29 is 19.1 Å². The van der Waals surface area contributed by atoms with Crippen molar-refractivity contribution in [2.75, 3.05) is 5.32 Å². The molecule has 0 radical (unpaired) electrons. The van der Waals surface area contributed by atoms with Crippen LogP contribution in [0.3, 0.4) is 0 Å². The van der Waals surface area contributed by atoms with E-state index in [-0.39, 0.29) is 23.3 Å². The fraction of sp³-hybridized carbons (Fsp3) is 0.174. The number of hydrogen-bond donors (Lipinski definition) is 3. The standard InChI is InChI=1S/C23H20IN3O4/c1-13-20-18(26-27-22(29)14-5-11-17(28)12-6-14)3-2-4-19(20)31-21(13)23(30)25-16-9-7-15(24)8-10-16/h5-12,28H,2-4H2,1H3,(H,25,30)(H,27,29)/b26-18+. The molecule has 8 heteroatoms. The van der Waals surface area contributed by atoms with Crippen molar-refractivity contribution in [1.82, 2.24) is 5.43 Å². The third kappa shape index (κ3) is 4.63. The van der Waals surface area contributed by atoms with Gasteiger partial charge in [0.15, 0.2) is 5.76 Å². The van der Waals surface area contributed by atoms with E-state index in [9.17, 15) is 14.7 Å². The number of halogens is 1. The average molecular weight is 529 g/mol. The first kappa shape index (κ1) is 21.1. The van der Waals surface area contributed by atoms with Crippen LogP contribution >= 0.6 is 22.6 Å². The van der Waals surface area contributed by atoms with E-state index in [1.165, 1.54) is 24.3 Å². The highest BCUT2D eigenvalue weighted by molar-refractivity contribution is 14.1. The molecule has 0 saturated carbocycles. The number of anilines is 1. The van der Waals surface area contributed by atoms with E-state index in [1.807, 2.05) is 31.2 Å². The zero-order chi connectivity index (χ0) is 22.0. The molecule has 3 N–H and O–H groups in total. The van der Waals surface area contributed by atoms with Gasteiger partial charge in [-0.3, -0.25) is 9.59 Å². The van der Waals surface area contributed by atoms with E-state index in [0.717, 1.165) is 15.6 Å². The smallest absolute Gasteiger partial charge is 0.291 e. The van der Waals surface area contributed by atoms with Gasteiger partial charge in [-0.25, -0.2) is 5.43 Å². The Morgan fingerprint density at radius 1 is 1.03 bits per heavy atom. The first-order valence-electron chi connectivity index (χ1n) is 9.78. The Kier molecular flexibility index (Phi) is 6.08. The molecule has 3 aromatic rings. The summed E-state index contributed by atoms with van der Waals surface area (Å²) in [4.78, 5) is 25.1. The number of fused-ring (bicyclic) bond motifs is 1. The number of aryl methyl sites for hydroxylation is 1. The van der Waals surface area contributed by atoms with Gasteiger partial charge in [0.05, 0.1) is 5.71 Å². The molecule has 1 heterocycles. The van der Waals surface area contributed by atoms with Crippen molar-refractivity contribution in [3.63, 3.8) is 0 Å². The van der Waals surface area contributed by atoms with Crippen molar-refractivity contribution in [2.45, 2.75) is 26.2 Å². The summed E-state index contributed by atoms with van der Waals surface area (Å²) in [5, 5.41) is 16.5. The van der Waals surface area contributed by atoms with Crippen LogP contribution in [0.25, 0.3) is 0 Å². The van der Waals surface area contributed by atoms with Gasteiger partial charge in [0.1, 0.15) is 11.5 Å². The second-order valence-electron chi connectivity index (χ2n) is 7.22. The van der Waals surface area contributed by atoms with E-state index >= 15 is 0 Å². The van der Waals surface area contributed by atoms with Crippen molar-refractivity contribution in [3.05, 3.63) is 80.3 Å². The van der Waals surface area contributed by atoms with Gasteiger partial charge >= 0.3 is 0 Å². The Balaban J connectivity index is 1.55. The molecule has 158 valence electrons.